The second-order valence-corrected chi connectivity index (χ2v) is 7.47. The van der Waals surface area contributed by atoms with Gasteiger partial charge in [0.05, 0.1) is 12.5 Å². The van der Waals surface area contributed by atoms with Gasteiger partial charge in [0.2, 0.25) is 17.6 Å². The van der Waals surface area contributed by atoms with Crippen LogP contribution in [0.3, 0.4) is 0 Å². The van der Waals surface area contributed by atoms with E-state index in [0.717, 1.165) is 44.3 Å². The summed E-state index contributed by atoms with van der Waals surface area (Å²) in [6, 6.07) is 8.37. The Morgan fingerprint density at radius 3 is 2.74 bits per heavy atom. The van der Waals surface area contributed by atoms with Crippen LogP contribution in [0.15, 0.2) is 28.8 Å². The highest BCUT2D eigenvalue weighted by Gasteiger charge is 2.27. The third-order valence-electron chi connectivity index (χ3n) is 5.35. The minimum Gasteiger partial charge on any atom is -0.353 e. The number of piperidine rings is 1. The highest BCUT2D eigenvalue weighted by molar-refractivity contribution is 5.79. The van der Waals surface area contributed by atoms with E-state index in [1.165, 1.54) is 5.56 Å². The van der Waals surface area contributed by atoms with E-state index in [4.69, 9.17) is 4.52 Å². The first-order valence-corrected chi connectivity index (χ1v) is 10.0. The Morgan fingerprint density at radius 1 is 1.30 bits per heavy atom. The molecule has 1 atom stereocenters. The molecule has 0 spiro atoms. The number of carbonyl (C=O) groups is 1. The van der Waals surface area contributed by atoms with Gasteiger partial charge < -0.3 is 9.84 Å². The van der Waals surface area contributed by atoms with Crippen molar-refractivity contribution in [1.82, 2.24) is 20.4 Å². The average molecular weight is 370 g/mol. The lowest BCUT2D eigenvalue weighted by atomic mass is 9.96. The van der Waals surface area contributed by atoms with Gasteiger partial charge in [-0.1, -0.05) is 48.8 Å². The van der Waals surface area contributed by atoms with Crippen molar-refractivity contribution in [3.63, 3.8) is 0 Å². The molecule has 0 radical (unpaired) electrons. The Hall–Kier alpha value is -2.21. The van der Waals surface area contributed by atoms with Gasteiger partial charge in [0.15, 0.2) is 0 Å². The zero-order valence-corrected chi connectivity index (χ0v) is 16.6. The molecule has 0 aliphatic carbocycles. The summed E-state index contributed by atoms with van der Waals surface area (Å²) in [4.78, 5) is 19.3. The summed E-state index contributed by atoms with van der Waals surface area (Å²) in [5.74, 6) is 1.44. The van der Waals surface area contributed by atoms with Gasteiger partial charge in [0.1, 0.15) is 0 Å². The maximum Gasteiger partial charge on any atom is 0.241 e. The van der Waals surface area contributed by atoms with E-state index >= 15 is 0 Å². The number of rotatable bonds is 7. The van der Waals surface area contributed by atoms with Gasteiger partial charge in [-0.3, -0.25) is 9.69 Å². The summed E-state index contributed by atoms with van der Waals surface area (Å²) in [5, 5.41) is 7.29. The Morgan fingerprint density at radius 2 is 2.04 bits per heavy atom. The predicted octanol–water partition coefficient (Wildman–Crippen LogP) is 3.56. The molecule has 1 saturated heterocycles. The van der Waals surface area contributed by atoms with Crippen molar-refractivity contribution in [2.24, 2.45) is 5.92 Å². The van der Waals surface area contributed by atoms with E-state index in [1.54, 1.807) is 0 Å². The SMILES string of the molecule is CCC(CC)NC(=O)C1CCCN(Cc2nc(-c3ccc(C)cc3)no2)C1. The second kappa shape index (κ2) is 9.13. The van der Waals surface area contributed by atoms with Gasteiger partial charge in [-0.25, -0.2) is 0 Å². The molecule has 1 aromatic carbocycles. The molecule has 146 valence electrons. The van der Waals surface area contributed by atoms with Crippen LogP contribution in [0, 0.1) is 12.8 Å². The van der Waals surface area contributed by atoms with Crippen LogP contribution in [-0.4, -0.2) is 40.1 Å². The first-order valence-electron chi connectivity index (χ1n) is 10.0. The number of amides is 1. The molecular formula is C21H30N4O2. The van der Waals surface area contributed by atoms with Gasteiger partial charge in [-0.05, 0) is 39.2 Å². The summed E-state index contributed by atoms with van der Waals surface area (Å²) in [6.45, 7) is 8.57. The van der Waals surface area contributed by atoms with Crippen molar-refractivity contribution in [3.8, 4) is 11.4 Å². The number of aryl methyl sites for hydroxylation is 1. The molecule has 1 aliphatic rings. The van der Waals surface area contributed by atoms with E-state index in [9.17, 15) is 4.79 Å². The lowest BCUT2D eigenvalue weighted by Crippen LogP contribution is -2.45. The first-order chi connectivity index (χ1) is 13.1. The quantitative estimate of drug-likeness (QED) is 0.807. The molecule has 1 amide bonds. The van der Waals surface area contributed by atoms with Crippen molar-refractivity contribution in [2.45, 2.75) is 59.0 Å². The highest BCUT2D eigenvalue weighted by atomic mass is 16.5. The number of hydrogen-bond acceptors (Lipinski definition) is 5. The van der Waals surface area contributed by atoms with Crippen LogP contribution in [0.2, 0.25) is 0 Å². The van der Waals surface area contributed by atoms with Gasteiger partial charge in [0.25, 0.3) is 0 Å². The molecule has 1 aliphatic heterocycles. The van der Waals surface area contributed by atoms with Crippen molar-refractivity contribution in [3.05, 3.63) is 35.7 Å². The lowest BCUT2D eigenvalue weighted by Gasteiger charge is -2.31. The topological polar surface area (TPSA) is 71.3 Å². The van der Waals surface area contributed by atoms with Crippen LogP contribution in [-0.2, 0) is 11.3 Å². The third-order valence-corrected chi connectivity index (χ3v) is 5.35. The number of carbonyl (C=O) groups excluding carboxylic acids is 1. The molecule has 27 heavy (non-hydrogen) atoms. The minimum absolute atomic E-state index is 0.0406. The molecule has 2 heterocycles. The molecular weight excluding hydrogens is 340 g/mol. The number of nitrogens with zero attached hydrogens (tertiary/aromatic N) is 3. The maximum atomic E-state index is 12.6. The molecule has 1 aromatic heterocycles. The van der Waals surface area contributed by atoms with Gasteiger partial charge >= 0.3 is 0 Å². The number of nitrogens with one attached hydrogen (secondary N) is 1. The fourth-order valence-corrected chi connectivity index (χ4v) is 3.56. The van der Waals surface area contributed by atoms with Crippen molar-refractivity contribution < 1.29 is 9.32 Å². The van der Waals surface area contributed by atoms with Gasteiger partial charge in [0, 0.05) is 18.2 Å². The van der Waals surface area contributed by atoms with Crippen molar-refractivity contribution in [1.29, 1.82) is 0 Å². The molecule has 6 heteroatoms. The zero-order chi connectivity index (χ0) is 19.2. The number of likely N-dealkylation sites (tertiary alicyclic amines) is 1. The molecule has 2 aromatic rings. The Bertz CT molecular complexity index is 737. The Labute approximate surface area is 161 Å². The van der Waals surface area contributed by atoms with E-state index in [1.807, 2.05) is 24.3 Å². The van der Waals surface area contributed by atoms with E-state index < -0.39 is 0 Å². The smallest absolute Gasteiger partial charge is 0.241 e. The van der Waals surface area contributed by atoms with Gasteiger partial charge in [-0.2, -0.15) is 4.98 Å². The molecule has 0 bridgehead atoms. The van der Waals surface area contributed by atoms with Crippen LogP contribution >= 0.6 is 0 Å². The standard InChI is InChI=1S/C21H30N4O2/c1-4-18(5-2)22-21(26)17-7-6-12-25(13-17)14-19-23-20(24-27-19)16-10-8-15(3)9-11-16/h8-11,17-18H,4-7,12-14H2,1-3H3,(H,22,26). The summed E-state index contributed by atoms with van der Waals surface area (Å²) >= 11 is 0. The van der Waals surface area contributed by atoms with Crippen LogP contribution in [0.25, 0.3) is 11.4 Å². The Kier molecular flexibility index (Phi) is 6.61. The van der Waals surface area contributed by atoms with Crippen LogP contribution < -0.4 is 5.32 Å². The predicted molar refractivity (Wildman–Crippen MR) is 105 cm³/mol. The fraction of sp³-hybridized carbons (Fsp3) is 0.571. The van der Waals surface area contributed by atoms with E-state index in [2.05, 4.69) is 41.1 Å². The zero-order valence-electron chi connectivity index (χ0n) is 16.6. The normalized spacial score (nSPS) is 18.0. The summed E-state index contributed by atoms with van der Waals surface area (Å²) in [6.07, 6.45) is 3.91. The lowest BCUT2D eigenvalue weighted by molar-refractivity contribution is -0.127. The van der Waals surface area contributed by atoms with Crippen LogP contribution in [0.1, 0.15) is 51.0 Å². The van der Waals surface area contributed by atoms with Crippen LogP contribution in [0.5, 0.6) is 0 Å². The minimum atomic E-state index is 0.0406. The molecule has 1 unspecified atom stereocenters. The Balaban J connectivity index is 1.58. The van der Waals surface area contributed by atoms with E-state index in [-0.39, 0.29) is 17.9 Å². The molecule has 0 saturated carbocycles. The number of hydrogen-bond donors (Lipinski definition) is 1. The third kappa shape index (κ3) is 5.16. The average Bonchev–Trinajstić information content (AvgIpc) is 3.15. The monoisotopic (exact) mass is 370 g/mol. The first kappa shape index (κ1) is 19.5. The highest BCUT2D eigenvalue weighted by Crippen LogP contribution is 2.21. The van der Waals surface area contributed by atoms with E-state index in [0.29, 0.717) is 18.3 Å². The molecule has 1 N–H and O–H groups in total. The summed E-state index contributed by atoms with van der Waals surface area (Å²) < 4.78 is 5.44. The second-order valence-electron chi connectivity index (χ2n) is 7.47. The van der Waals surface area contributed by atoms with Crippen molar-refractivity contribution in [2.75, 3.05) is 13.1 Å². The number of benzene rings is 1. The largest absolute Gasteiger partial charge is 0.353 e. The summed E-state index contributed by atoms with van der Waals surface area (Å²) in [5.41, 5.74) is 2.16. The van der Waals surface area contributed by atoms with Crippen molar-refractivity contribution >= 4 is 5.91 Å². The fourth-order valence-electron chi connectivity index (χ4n) is 3.56. The van der Waals surface area contributed by atoms with Crippen LogP contribution in [0.4, 0.5) is 0 Å². The maximum absolute atomic E-state index is 12.6. The molecule has 6 nitrogen and oxygen atoms in total. The molecule has 3 rings (SSSR count). The molecule has 1 fully saturated rings. The number of aromatic nitrogens is 2. The summed E-state index contributed by atoms with van der Waals surface area (Å²) in [7, 11) is 0. The van der Waals surface area contributed by atoms with Gasteiger partial charge in [-0.15, -0.1) is 0 Å².